The quantitative estimate of drug-likeness (QED) is 0.940. The summed E-state index contributed by atoms with van der Waals surface area (Å²) >= 11 is 0. The predicted octanol–water partition coefficient (Wildman–Crippen LogP) is 3.45. The molecule has 3 rings (SSSR count). The van der Waals surface area contributed by atoms with Crippen molar-refractivity contribution in [3.63, 3.8) is 0 Å². The van der Waals surface area contributed by atoms with Crippen LogP contribution in [-0.2, 0) is 4.79 Å². The molecule has 2 heterocycles. The highest BCUT2D eigenvalue weighted by Gasteiger charge is 2.30. The number of H-pyrrole nitrogens is 1. The topological polar surface area (TPSA) is 58.2 Å². The van der Waals surface area contributed by atoms with E-state index in [0.29, 0.717) is 25.5 Å². The van der Waals surface area contributed by atoms with Crippen LogP contribution in [0.1, 0.15) is 50.3 Å². The van der Waals surface area contributed by atoms with Crippen molar-refractivity contribution in [2.45, 2.75) is 39.0 Å². The lowest BCUT2D eigenvalue weighted by Gasteiger charge is -2.32. The number of aromatic amines is 1. The molecule has 1 N–H and O–H groups in total. The first kappa shape index (κ1) is 15.6. The van der Waals surface area contributed by atoms with Crippen molar-refractivity contribution in [1.82, 2.24) is 9.97 Å². The van der Waals surface area contributed by atoms with Crippen molar-refractivity contribution in [3.05, 3.63) is 42.0 Å². The highest BCUT2D eigenvalue weighted by atomic mass is 16.5. The maximum atomic E-state index is 12.1. The number of benzene rings is 1. The minimum atomic E-state index is 0.141. The summed E-state index contributed by atoms with van der Waals surface area (Å²) < 4.78 is 5.93. The monoisotopic (exact) mass is 313 g/mol. The fraction of sp³-hybridized carbons (Fsp3) is 0.444. The van der Waals surface area contributed by atoms with Crippen molar-refractivity contribution in [2.75, 3.05) is 18.1 Å². The Kier molecular flexibility index (Phi) is 4.37. The maximum absolute atomic E-state index is 12.1. The molecule has 1 amide bonds. The lowest BCUT2D eigenvalue weighted by Crippen LogP contribution is -2.30. The number of imidazole rings is 1. The van der Waals surface area contributed by atoms with E-state index in [1.54, 1.807) is 6.33 Å². The zero-order chi connectivity index (χ0) is 16.4. The molecule has 2 atom stereocenters. The largest absolute Gasteiger partial charge is 0.493 e. The number of amides is 1. The zero-order valence-corrected chi connectivity index (χ0v) is 13.9. The summed E-state index contributed by atoms with van der Waals surface area (Å²) in [6.45, 7) is 7.41. The van der Waals surface area contributed by atoms with Gasteiger partial charge in [0.05, 0.1) is 12.9 Å². The molecule has 0 aliphatic carbocycles. The molecule has 0 saturated carbocycles. The van der Waals surface area contributed by atoms with Gasteiger partial charge in [0.15, 0.2) is 0 Å². The summed E-state index contributed by atoms with van der Waals surface area (Å²) in [4.78, 5) is 21.3. The first-order chi connectivity index (χ1) is 11.2. The van der Waals surface area contributed by atoms with E-state index in [2.05, 4.69) is 23.0 Å². The van der Waals surface area contributed by atoms with E-state index in [4.69, 9.17) is 4.74 Å². The Labute approximate surface area is 136 Å². The van der Waals surface area contributed by atoms with E-state index in [-0.39, 0.29) is 11.8 Å². The molecule has 23 heavy (non-hydrogen) atoms. The lowest BCUT2D eigenvalue weighted by molar-refractivity contribution is -0.118. The molecular weight excluding hydrogens is 290 g/mol. The molecule has 0 spiro atoms. The molecule has 122 valence electrons. The number of fused-ring (bicyclic) bond motifs is 1. The van der Waals surface area contributed by atoms with Gasteiger partial charge in [-0.2, -0.15) is 0 Å². The van der Waals surface area contributed by atoms with Crippen LogP contribution in [0.5, 0.6) is 5.75 Å². The number of nitrogens with zero attached hydrogens (tertiary/aromatic N) is 2. The Morgan fingerprint density at radius 1 is 1.43 bits per heavy atom. The molecular formula is C18H23N3O2. The summed E-state index contributed by atoms with van der Waals surface area (Å²) in [6, 6.07) is 6.05. The number of aromatic nitrogens is 2. The van der Waals surface area contributed by atoms with Gasteiger partial charge < -0.3 is 14.6 Å². The fourth-order valence-electron chi connectivity index (χ4n) is 3.25. The van der Waals surface area contributed by atoms with Crippen molar-refractivity contribution in [2.24, 2.45) is 0 Å². The van der Waals surface area contributed by atoms with Gasteiger partial charge in [-0.1, -0.05) is 13.8 Å². The first-order valence-electron chi connectivity index (χ1n) is 8.21. The van der Waals surface area contributed by atoms with Crippen LogP contribution in [0.4, 0.5) is 5.69 Å². The molecule has 1 unspecified atom stereocenters. The third kappa shape index (κ3) is 2.83. The second-order valence-corrected chi connectivity index (χ2v) is 5.93. The molecule has 2 aromatic rings. The first-order valence-corrected chi connectivity index (χ1v) is 8.21. The van der Waals surface area contributed by atoms with Gasteiger partial charge in [0.2, 0.25) is 5.91 Å². The van der Waals surface area contributed by atoms with Crippen LogP contribution >= 0.6 is 0 Å². The Morgan fingerprint density at radius 2 is 2.26 bits per heavy atom. The number of hydrogen-bond acceptors (Lipinski definition) is 3. The van der Waals surface area contributed by atoms with Gasteiger partial charge in [-0.05, 0) is 36.6 Å². The van der Waals surface area contributed by atoms with Crippen molar-refractivity contribution >= 4 is 11.6 Å². The van der Waals surface area contributed by atoms with E-state index < -0.39 is 0 Å². The van der Waals surface area contributed by atoms with Crippen LogP contribution < -0.4 is 9.64 Å². The number of carbonyl (C=O) groups excluding carboxylic acids is 1. The van der Waals surface area contributed by atoms with Gasteiger partial charge in [-0.25, -0.2) is 4.98 Å². The van der Waals surface area contributed by atoms with Crippen LogP contribution in [0.25, 0.3) is 0 Å². The van der Waals surface area contributed by atoms with Gasteiger partial charge in [-0.15, -0.1) is 0 Å². The van der Waals surface area contributed by atoms with Gasteiger partial charge in [-0.3, -0.25) is 4.79 Å². The number of hydrogen-bond donors (Lipinski definition) is 1. The third-order valence-corrected chi connectivity index (χ3v) is 4.66. The van der Waals surface area contributed by atoms with Gasteiger partial charge in [0.1, 0.15) is 5.75 Å². The average molecular weight is 313 g/mol. The number of ether oxygens (including phenoxy) is 1. The second kappa shape index (κ2) is 6.44. The normalized spacial score (nSPS) is 19.8. The van der Waals surface area contributed by atoms with E-state index in [1.165, 1.54) is 0 Å². The molecule has 5 heteroatoms. The van der Waals surface area contributed by atoms with Crippen LogP contribution in [-0.4, -0.2) is 29.0 Å². The van der Waals surface area contributed by atoms with Crippen molar-refractivity contribution < 1.29 is 9.53 Å². The minimum absolute atomic E-state index is 0.141. The van der Waals surface area contributed by atoms with E-state index in [9.17, 15) is 4.79 Å². The highest BCUT2D eigenvalue weighted by molar-refractivity contribution is 5.93. The smallest absolute Gasteiger partial charge is 0.226 e. The van der Waals surface area contributed by atoms with Gasteiger partial charge >= 0.3 is 0 Å². The SMILES string of the molecule is CCC(=O)N(CC)c1ccc2c(c1)[C@H](C)C(c1cnc[nH]1)CO2. The highest BCUT2D eigenvalue weighted by Crippen LogP contribution is 2.42. The Bertz CT molecular complexity index is 682. The Balaban J connectivity index is 1.94. The second-order valence-electron chi connectivity index (χ2n) is 5.93. The summed E-state index contributed by atoms with van der Waals surface area (Å²) in [6.07, 6.45) is 4.07. The summed E-state index contributed by atoms with van der Waals surface area (Å²) in [7, 11) is 0. The van der Waals surface area contributed by atoms with Gasteiger partial charge in [0, 0.05) is 36.5 Å². The van der Waals surface area contributed by atoms with E-state index in [0.717, 1.165) is 22.7 Å². The van der Waals surface area contributed by atoms with Crippen molar-refractivity contribution in [3.8, 4) is 5.75 Å². The number of nitrogens with one attached hydrogen (secondary N) is 1. The Morgan fingerprint density at radius 3 is 2.91 bits per heavy atom. The minimum Gasteiger partial charge on any atom is -0.493 e. The number of rotatable bonds is 4. The lowest BCUT2D eigenvalue weighted by atomic mass is 9.83. The fourth-order valence-corrected chi connectivity index (χ4v) is 3.25. The maximum Gasteiger partial charge on any atom is 0.226 e. The summed E-state index contributed by atoms with van der Waals surface area (Å²) in [5, 5.41) is 0. The third-order valence-electron chi connectivity index (χ3n) is 4.66. The van der Waals surface area contributed by atoms with E-state index >= 15 is 0 Å². The molecule has 1 aromatic carbocycles. The molecule has 1 aliphatic rings. The van der Waals surface area contributed by atoms with Crippen LogP contribution in [0.2, 0.25) is 0 Å². The molecule has 1 aromatic heterocycles. The molecule has 0 fully saturated rings. The van der Waals surface area contributed by atoms with Crippen LogP contribution in [0.3, 0.4) is 0 Å². The summed E-state index contributed by atoms with van der Waals surface area (Å²) in [5.74, 6) is 1.60. The van der Waals surface area contributed by atoms with Gasteiger partial charge in [0.25, 0.3) is 0 Å². The average Bonchev–Trinajstić information content (AvgIpc) is 3.10. The molecule has 0 bridgehead atoms. The summed E-state index contributed by atoms with van der Waals surface area (Å²) in [5.41, 5.74) is 3.18. The molecule has 0 radical (unpaired) electrons. The molecule has 1 aliphatic heterocycles. The Hall–Kier alpha value is -2.30. The van der Waals surface area contributed by atoms with Crippen molar-refractivity contribution in [1.29, 1.82) is 0 Å². The van der Waals surface area contributed by atoms with Crippen LogP contribution in [0.15, 0.2) is 30.7 Å². The van der Waals surface area contributed by atoms with E-state index in [1.807, 2.05) is 37.1 Å². The number of carbonyl (C=O) groups is 1. The number of anilines is 1. The standard InChI is InChI=1S/C18H23N3O2/c1-4-18(22)21(5-2)13-6-7-17-14(8-13)12(3)15(10-23-17)16-9-19-11-20-16/h6-9,11-12,15H,4-5,10H2,1-3H3,(H,19,20)/t12-,15?/m0/s1. The zero-order valence-electron chi connectivity index (χ0n) is 13.9. The molecule has 0 saturated heterocycles. The molecule has 5 nitrogen and oxygen atoms in total. The predicted molar refractivity (Wildman–Crippen MR) is 90.0 cm³/mol. The van der Waals surface area contributed by atoms with Crippen LogP contribution in [0, 0.1) is 0 Å².